The van der Waals surface area contributed by atoms with Gasteiger partial charge in [0.2, 0.25) is 0 Å². The number of aldehydes is 1. The van der Waals surface area contributed by atoms with Crippen LogP contribution in [0.5, 0.6) is 0 Å². The molecule has 0 aliphatic rings. The number of anilines is 1. The molecular formula is C6H9N3O. The van der Waals surface area contributed by atoms with Gasteiger partial charge in [0.15, 0.2) is 0 Å². The van der Waals surface area contributed by atoms with Gasteiger partial charge in [0.25, 0.3) is 0 Å². The van der Waals surface area contributed by atoms with Crippen molar-refractivity contribution in [2.24, 2.45) is 0 Å². The third kappa shape index (κ3) is 1.58. The molecule has 4 heteroatoms. The van der Waals surface area contributed by atoms with Crippen molar-refractivity contribution in [3.05, 3.63) is 11.8 Å². The molecule has 1 heterocycles. The number of aromatic amines is 1. The second-order valence-electron chi connectivity index (χ2n) is 2.02. The number of hydrogen-bond acceptors (Lipinski definition) is 3. The standard InChI is InChI=1S/C6H9N3O/c7-6-4-5(8-9-6)2-1-3-10/h3-4H,1-2H2,(H3,7,8,9). The highest BCUT2D eigenvalue weighted by Crippen LogP contribution is 2.01. The first-order valence-electron chi connectivity index (χ1n) is 3.06. The van der Waals surface area contributed by atoms with Gasteiger partial charge in [-0.15, -0.1) is 0 Å². The normalized spacial score (nSPS) is 9.60. The van der Waals surface area contributed by atoms with Gasteiger partial charge in [-0.1, -0.05) is 0 Å². The molecule has 0 spiro atoms. The SMILES string of the molecule is Nc1cc(CCC=O)[nH]n1. The molecule has 0 saturated carbocycles. The van der Waals surface area contributed by atoms with Gasteiger partial charge < -0.3 is 10.5 Å². The first-order chi connectivity index (χ1) is 4.83. The zero-order valence-electron chi connectivity index (χ0n) is 5.50. The topological polar surface area (TPSA) is 71.8 Å². The Balaban J connectivity index is 2.49. The van der Waals surface area contributed by atoms with Crippen LogP contribution in [0.25, 0.3) is 0 Å². The van der Waals surface area contributed by atoms with E-state index in [9.17, 15) is 4.79 Å². The van der Waals surface area contributed by atoms with Crippen LogP contribution in [-0.4, -0.2) is 16.5 Å². The number of aromatic nitrogens is 2. The maximum absolute atomic E-state index is 9.92. The maximum Gasteiger partial charge on any atom is 0.145 e. The Kier molecular flexibility index (Phi) is 2.04. The smallest absolute Gasteiger partial charge is 0.145 e. The maximum atomic E-state index is 9.92. The molecule has 3 N–H and O–H groups in total. The highest BCUT2D eigenvalue weighted by atomic mass is 16.1. The lowest BCUT2D eigenvalue weighted by Gasteiger charge is -1.85. The van der Waals surface area contributed by atoms with Crippen molar-refractivity contribution in [1.82, 2.24) is 10.2 Å². The van der Waals surface area contributed by atoms with Crippen LogP contribution in [0.15, 0.2) is 6.07 Å². The van der Waals surface area contributed by atoms with Crippen molar-refractivity contribution in [3.63, 3.8) is 0 Å². The number of carbonyl (C=O) groups is 1. The van der Waals surface area contributed by atoms with Gasteiger partial charge >= 0.3 is 0 Å². The number of nitrogens with zero attached hydrogens (tertiary/aromatic N) is 1. The molecule has 54 valence electrons. The fraction of sp³-hybridized carbons (Fsp3) is 0.333. The van der Waals surface area contributed by atoms with E-state index in [1.165, 1.54) is 0 Å². The zero-order valence-corrected chi connectivity index (χ0v) is 5.50. The van der Waals surface area contributed by atoms with E-state index in [2.05, 4.69) is 10.2 Å². The van der Waals surface area contributed by atoms with E-state index in [-0.39, 0.29) is 0 Å². The van der Waals surface area contributed by atoms with Crippen LogP contribution in [0.2, 0.25) is 0 Å². The van der Waals surface area contributed by atoms with Crippen molar-refractivity contribution in [3.8, 4) is 0 Å². The third-order valence-electron chi connectivity index (χ3n) is 1.18. The van der Waals surface area contributed by atoms with Crippen molar-refractivity contribution in [2.75, 3.05) is 5.73 Å². The minimum atomic E-state index is 0.473. The summed E-state index contributed by atoms with van der Waals surface area (Å²) in [7, 11) is 0. The Morgan fingerprint density at radius 3 is 3.10 bits per heavy atom. The van der Waals surface area contributed by atoms with Crippen molar-refractivity contribution in [2.45, 2.75) is 12.8 Å². The van der Waals surface area contributed by atoms with Crippen LogP contribution in [0.4, 0.5) is 5.82 Å². The average Bonchev–Trinajstić information content (AvgIpc) is 2.31. The molecule has 0 bridgehead atoms. The summed E-state index contributed by atoms with van der Waals surface area (Å²) in [6.07, 6.45) is 2.08. The third-order valence-corrected chi connectivity index (χ3v) is 1.18. The highest BCUT2D eigenvalue weighted by Gasteiger charge is 1.94. The van der Waals surface area contributed by atoms with Crippen LogP contribution in [-0.2, 0) is 11.2 Å². The molecule has 1 aromatic rings. The fourth-order valence-electron chi connectivity index (χ4n) is 0.722. The summed E-state index contributed by atoms with van der Waals surface area (Å²) in [5.41, 5.74) is 6.23. The van der Waals surface area contributed by atoms with Crippen LogP contribution in [0, 0.1) is 0 Å². The minimum Gasteiger partial charge on any atom is -0.382 e. The molecule has 0 amide bonds. The highest BCUT2D eigenvalue weighted by molar-refractivity contribution is 5.50. The second-order valence-corrected chi connectivity index (χ2v) is 2.02. The molecule has 0 aliphatic carbocycles. The molecule has 1 aromatic heterocycles. The molecule has 4 nitrogen and oxygen atoms in total. The second kappa shape index (κ2) is 3.00. The molecule has 0 atom stereocenters. The van der Waals surface area contributed by atoms with E-state index < -0.39 is 0 Å². The van der Waals surface area contributed by atoms with Gasteiger partial charge in [0.1, 0.15) is 12.1 Å². The summed E-state index contributed by atoms with van der Waals surface area (Å²) in [5, 5.41) is 6.41. The van der Waals surface area contributed by atoms with Crippen molar-refractivity contribution >= 4 is 12.1 Å². The molecular weight excluding hydrogens is 130 g/mol. The van der Waals surface area contributed by atoms with Crippen molar-refractivity contribution < 1.29 is 4.79 Å². The molecule has 0 fully saturated rings. The van der Waals surface area contributed by atoms with E-state index >= 15 is 0 Å². The van der Waals surface area contributed by atoms with Gasteiger partial charge in [0.05, 0.1) is 0 Å². The summed E-state index contributed by atoms with van der Waals surface area (Å²) in [4.78, 5) is 9.92. The quantitative estimate of drug-likeness (QED) is 0.584. The first-order valence-corrected chi connectivity index (χ1v) is 3.06. The number of nitrogen functional groups attached to an aromatic ring is 1. The summed E-state index contributed by atoms with van der Waals surface area (Å²) in [5.74, 6) is 0.473. The summed E-state index contributed by atoms with van der Waals surface area (Å²) < 4.78 is 0. The largest absolute Gasteiger partial charge is 0.382 e. The average molecular weight is 139 g/mol. The van der Waals surface area contributed by atoms with Gasteiger partial charge in [-0.2, -0.15) is 5.10 Å². The van der Waals surface area contributed by atoms with Gasteiger partial charge in [-0.05, 0) is 6.42 Å². The molecule has 0 aliphatic heterocycles. The van der Waals surface area contributed by atoms with Gasteiger partial charge in [-0.25, -0.2) is 0 Å². The molecule has 1 rings (SSSR count). The Morgan fingerprint density at radius 2 is 2.60 bits per heavy atom. The Bertz CT molecular complexity index is 219. The number of nitrogens with two attached hydrogens (primary N) is 1. The van der Waals surface area contributed by atoms with Crippen LogP contribution in [0.3, 0.4) is 0 Å². The molecule has 0 aromatic carbocycles. The van der Waals surface area contributed by atoms with Gasteiger partial charge in [0, 0.05) is 18.2 Å². The van der Waals surface area contributed by atoms with Crippen LogP contribution in [0.1, 0.15) is 12.1 Å². The summed E-state index contributed by atoms with van der Waals surface area (Å²) in [6.45, 7) is 0. The Labute approximate surface area is 58.4 Å². The molecule has 0 saturated heterocycles. The van der Waals surface area contributed by atoms with Gasteiger partial charge in [-0.3, -0.25) is 5.10 Å². The van der Waals surface area contributed by atoms with Crippen LogP contribution < -0.4 is 5.73 Å². The van der Waals surface area contributed by atoms with Crippen LogP contribution >= 0.6 is 0 Å². The Morgan fingerprint density at radius 1 is 1.80 bits per heavy atom. The van der Waals surface area contributed by atoms with E-state index in [4.69, 9.17) is 5.73 Å². The number of aryl methyl sites for hydroxylation is 1. The lowest BCUT2D eigenvalue weighted by atomic mass is 10.2. The number of H-pyrrole nitrogens is 1. The lowest BCUT2D eigenvalue weighted by Crippen LogP contribution is -1.85. The number of hydrogen-bond donors (Lipinski definition) is 2. The molecule has 0 radical (unpaired) electrons. The van der Waals surface area contributed by atoms with E-state index in [0.717, 1.165) is 12.0 Å². The molecule has 10 heavy (non-hydrogen) atoms. The predicted octanol–water partition coefficient (Wildman–Crippen LogP) is 0.123. The van der Waals surface area contributed by atoms with Crippen molar-refractivity contribution in [1.29, 1.82) is 0 Å². The minimum absolute atomic E-state index is 0.473. The van der Waals surface area contributed by atoms with E-state index in [1.54, 1.807) is 6.07 Å². The van der Waals surface area contributed by atoms with E-state index in [0.29, 0.717) is 18.7 Å². The first kappa shape index (κ1) is 6.80. The summed E-state index contributed by atoms with van der Waals surface area (Å²) >= 11 is 0. The Hall–Kier alpha value is -1.32. The number of carbonyl (C=O) groups excluding carboxylic acids is 1. The fourth-order valence-corrected chi connectivity index (χ4v) is 0.722. The number of nitrogens with one attached hydrogen (secondary N) is 1. The summed E-state index contributed by atoms with van der Waals surface area (Å²) in [6, 6.07) is 1.73. The number of rotatable bonds is 3. The zero-order chi connectivity index (χ0) is 7.40. The predicted molar refractivity (Wildman–Crippen MR) is 37.4 cm³/mol. The monoisotopic (exact) mass is 139 g/mol. The van der Waals surface area contributed by atoms with E-state index in [1.807, 2.05) is 0 Å². The lowest BCUT2D eigenvalue weighted by molar-refractivity contribution is -0.107. The molecule has 0 unspecified atom stereocenters.